The molecule has 0 saturated carbocycles. The molecule has 0 radical (unpaired) electrons. The maximum atomic E-state index is 5.60. The van der Waals surface area contributed by atoms with Crippen LogP contribution in [-0.2, 0) is 0 Å². The molecule has 1 rings (SSSR count). The molecule has 0 atom stereocenters. The minimum absolute atomic E-state index is 0.542. The van der Waals surface area contributed by atoms with Crippen LogP contribution in [0.25, 0.3) is 0 Å². The van der Waals surface area contributed by atoms with Gasteiger partial charge in [0.05, 0.1) is 0 Å². The topological polar surface area (TPSA) is 29.3 Å². The summed E-state index contributed by atoms with van der Waals surface area (Å²) in [6.07, 6.45) is 3.86. The molecule has 1 aliphatic rings. The maximum absolute atomic E-state index is 5.60. The van der Waals surface area contributed by atoms with Gasteiger partial charge in [0.25, 0.3) is 0 Å². The van der Waals surface area contributed by atoms with Crippen LogP contribution in [0.3, 0.4) is 0 Å². The molecule has 0 aromatic rings. The van der Waals surface area contributed by atoms with E-state index in [9.17, 15) is 0 Å². The average Bonchev–Trinajstić information content (AvgIpc) is 2.06. The fraction of sp³-hybridized carbons (Fsp3) is 1.00. The van der Waals surface area contributed by atoms with E-state index in [-0.39, 0.29) is 0 Å². The summed E-state index contributed by atoms with van der Waals surface area (Å²) in [6, 6.07) is 0. The molecule has 2 heteroatoms. The molecular formula is C10H22N2. The van der Waals surface area contributed by atoms with Crippen molar-refractivity contribution in [3.8, 4) is 0 Å². The van der Waals surface area contributed by atoms with Crippen LogP contribution in [0.2, 0.25) is 0 Å². The average molecular weight is 170 g/mol. The standard InChI is InChI=1S/C10H22N2/c1-3-12-8-5-10(2,4-7-11)6-9-12/h3-9,11H2,1-2H3. The van der Waals surface area contributed by atoms with Gasteiger partial charge in [0, 0.05) is 0 Å². The first-order chi connectivity index (χ1) is 5.70. The van der Waals surface area contributed by atoms with Crippen LogP contribution in [0.1, 0.15) is 33.1 Å². The highest BCUT2D eigenvalue weighted by Crippen LogP contribution is 2.33. The summed E-state index contributed by atoms with van der Waals surface area (Å²) in [5.41, 5.74) is 6.14. The van der Waals surface area contributed by atoms with Crippen molar-refractivity contribution in [2.45, 2.75) is 33.1 Å². The summed E-state index contributed by atoms with van der Waals surface area (Å²) < 4.78 is 0. The first-order valence-corrected chi connectivity index (χ1v) is 5.12. The molecule has 0 bridgehead atoms. The van der Waals surface area contributed by atoms with Gasteiger partial charge in [-0.3, -0.25) is 0 Å². The Kier molecular flexibility index (Phi) is 3.53. The second-order valence-electron chi connectivity index (χ2n) is 4.28. The van der Waals surface area contributed by atoms with Gasteiger partial charge >= 0.3 is 0 Å². The summed E-state index contributed by atoms with van der Waals surface area (Å²) in [5, 5.41) is 0. The van der Waals surface area contributed by atoms with Gasteiger partial charge in [-0.1, -0.05) is 13.8 Å². The molecule has 1 aliphatic heterocycles. The van der Waals surface area contributed by atoms with Crippen molar-refractivity contribution < 1.29 is 0 Å². The van der Waals surface area contributed by atoms with Crippen molar-refractivity contribution in [2.24, 2.45) is 11.1 Å². The third kappa shape index (κ3) is 2.46. The Labute approximate surface area is 76.1 Å². The molecule has 12 heavy (non-hydrogen) atoms. The Hall–Kier alpha value is -0.0800. The predicted molar refractivity (Wildman–Crippen MR) is 53.1 cm³/mol. The van der Waals surface area contributed by atoms with E-state index in [2.05, 4.69) is 18.7 Å². The number of nitrogens with two attached hydrogens (primary N) is 1. The number of piperidine rings is 1. The number of likely N-dealkylation sites (tertiary alicyclic amines) is 1. The lowest BCUT2D eigenvalue weighted by molar-refractivity contribution is 0.117. The van der Waals surface area contributed by atoms with Crippen LogP contribution in [0.5, 0.6) is 0 Å². The third-order valence-corrected chi connectivity index (χ3v) is 3.26. The highest BCUT2D eigenvalue weighted by molar-refractivity contribution is 4.81. The fourth-order valence-electron chi connectivity index (χ4n) is 2.01. The summed E-state index contributed by atoms with van der Waals surface area (Å²) in [5.74, 6) is 0. The van der Waals surface area contributed by atoms with Crippen molar-refractivity contribution in [3.63, 3.8) is 0 Å². The van der Waals surface area contributed by atoms with Crippen LogP contribution < -0.4 is 5.73 Å². The van der Waals surface area contributed by atoms with Gasteiger partial charge in [-0.15, -0.1) is 0 Å². The van der Waals surface area contributed by atoms with E-state index in [0.717, 1.165) is 6.54 Å². The normalized spacial score (nSPS) is 24.2. The number of nitrogens with zero attached hydrogens (tertiary/aromatic N) is 1. The zero-order valence-electron chi connectivity index (χ0n) is 8.47. The second kappa shape index (κ2) is 4.24. The second-order valence-corrected chi connectivity index (χ2v) is 4.28. The Morgan fingerprint density at radius 2 is 1.92 bits per heavy atom. The van der Waals surface area contributed by atoms with Gasteiger partial charge in [-0.05, 0) is 50.9 Å². The fourth-order valence-corrected chi connectivity index (χ4v) is 2.01. The molecule has 0 aromatic carbocycles. The van der Waals surface area contributed by atoms with E-state index in [4.69, 9.17) is 5.73 Å². The SMILES string of the molecule is CCN1CCC(C)(CCN)CC1. The Morgan fingerprint density at radius 1 is 1.33 bits per heavy atom. The molecule has 0 unspecified atom stereocenters. The van der Waals surface area contributed by atoms with Crippen molar-refractivity contribution in [3.05, 3.63) is 0 Å². The van der Waals surface area contributed by atoms with Crippen LogP contribution in [0.4, 0.5) is 0 Å². The molecule has 2 N–H and O–H groups in total. The lowest BCUT2D eigenvalue weighted by Gasteiger charge is -2.38. The lowest BCUT2D eigenvalue weighted by Crippen LogP contribution is -2.39. The van der Waals surface area contributed by atoms with Crippen LogP contribution in [-0.4, -0.2) is 31.1 Å². The Bertz CT molecular complexity index is 126. The van der Waals surface area contributed by atoms with Gasteiger partial charge < -0.3 is 10.6 Å². The minimum Gasteiger partial charge on any atom is -0.330 e. The van der Waals surface area contributed by atoms with E-state index in [1.54, 1.807) is 0 Å². The zero-order chi connectivity index (χ0) is 9.03. The van der Waals surface area contributed by atoms with E-state index in [1.165, 1.54) is 38.9 Å². The van der Waals surface area contributed by atoms with Crippen molar-refractivity contribution >= 4 is 0 Å². The van der Waals surface area contributed by atoms with Gasteiger partial charge in [-0.2, -0.15) is 0 Å². The van der Waals surface area contributed by atoms with E-state index in [1.807, 2.05) is 0 Å². The largest absolute Gasteiger partial charge is 0.330 e. The highest BCUT2D eigenvalue weighted by atomic mass is 15.1. The quantitative estimate of drug-likeness (QED) is 0.695. The predicted octanol–water partition coefficient (Wildman–Crippen LogP) is 1.46. The number of rotatable bonds is 3. The zero-order valence-corrected chi connectivity index (χ0v) is 8.47. The Balaban J connectivity index is 2.33. The monoisotopic (exact) mass is 170 g/mol. The molecule has 72 valence electrons. The Morgan fingerprint density at radius 3 is 2.33 bits per heavy atom. The minimum atomic E-state index is 0.542. The highest BCUT2D eigenvalue weighted by Gasteiger charge is 2.28. The summed E-state index contributed by atoms with van der Waals surface area (Å²) in [7, 11) is 0. The summed E-state index contributed by atoms with van der Waals surface area (Å²) >= 11 is 0. The molecule has 0 amide bonds. The third-order valence-electron chi connectivity index (χ3n) is 3.26. The van der Waals surface area contributed by atoms with Crippen LogP contribution in [0.15, 0.2) is 0 Å². The van der Waals surface area contributed by atoms with E-state index < -0.39 is 0 Å². The van der Waals surface area contributed by atoms with Gasteiger partial charge in [0.2, 0.25) is 0 Å². The molecule has 2 nitrogen and oxygen atoms in total. The first kappa shape index (κ1) is 10.0. The first-order valence-electron chi connectivity index (χ1n) is 5.12. The summed E-state index contributed by atoms with van der Waals surface area (Å²) in [6.45, 7) is 9.22. The smallest absolute Gasteiger partial charge is 0.00136 e. The lowest BCUT2D eigenvalue weighted by atomic mass is 9.78. The van der Waals surface area contributed by atoms with Crippen molar-refractivity contribution in [2.75, 3.05) is 26.2 Å². The molecule has 1 saturated heterocycles. The molecule has 0 aliphatic carbocycles. The number of hydrogen-bond donors (Lipinski definition) is 1. The van der Waals surface area contributed by atoms with E-state index >= 15 is 0 Å². The molecule has 0 spiro atoms. The van der Waals surface area contributed by atoms with Crippen LogP contribution in [0, 0.1) is 5.41 Å². The van der Waals surface area contributed by atoms with Gasteiger partial charge in [-0.25, -0.2) is 0 Å². The summed E-state index contributed by atoms with van der Waals surface area (Å²) in [4.78, 5) is 2.53. The molecule has 1 heterocycles. The molecule has 0 aromatic heterocycles. The molecule has 1 fully saturated rings. The number of hydrogen-bond acceptors (Lipinski definition) is 2. The van der Waals surface area contributed by atoms with Gasteiger partial charge in [0.1, 0.15) is 0 Å². The molecular weight excluding hydrogens is 148 g/mol. The van der Waals surface area contributed by atoms with Gasteiger partial charge in [0.15, 0.2) is 0 Å². The van der Waals surface area contributed by atoms with Crippen molar-refractivity contribution in [1.82, 2.24) is 4.90 Å². The van der Waals surface area contributed by atoms with E-state index in [0.29, 0.717) is 5.41 Å². The van der Waals surface area contributed by atoms with Crippen molar-refractivity contribution in [1.29, 1.82) is 0 Å². The van der Waals surface area contributed by atoms with Crippen LogP contribution >= 0.6 is 0 Å². The maximum Gasteiger partial charge on any atom is -0.00136 e.